The predicted molar refractivity (Wildman–Crippen MR) is 75.8 cm³/mol. The first-order valence-electron chi connectivity index (χ1n) is 6.57. The summed E-state index contributed by atoms with van der Waals surface area (Å²) in [6.45, 7) is 0.448. The maximum atomic E-state index is 12.3. The van der Waals surface area contributed by atoms with Gasteiger partial charge >= 0.3 is 6.09 Å². The highest BCUT2D eigenvalue weighted by molar-refractivity contribution is 5.90. The summed E-state index contributed by atoms with van der Waals surface area (Å²) in [5.41, 5.74) is 1.48. The van der Waals surface area contributed by atoms with E-state index in [0.717, 1.165) is 5.56 Å². The molecule has 2 aromatic carbocycles. The number of carbonyl (C=O) groups excluding carboxylic acids is 1. The van der Waals surface area contributed by atoms with Crippen LogP contribution in [-0.2, 0) is 0 Å². The molecule has 0 spiro atoms. The Morgan fingerprint density at radius 3 is 2.60 bits per heavy atom. The molecule has 102 valence electrons. The van der Waals surface area contributed by atoms with Crippen LogP contribution in [0.1, 0.15) is 18.1 Å². The van der Waals surface area contributed by atoms with E-state index < -0.39 is 12.2 Å². The van der Waals surface area contributed by atoms with Crippen LogP contribution < -0.4 is 9.64 Å². The van der Waals surface area contributed by atoms with Crippen molar-refractivity contribution in [2.24, 2.45) is 0 Å². The molecule has 0 bridgehead atoms. The third-order valence-electron chi connectivity index (χ3n) is 3.38. The molecule has 0 aliphatic carbocycles. The molecule has 0 saturated carbocycles. The van der Waals surface area contributed by atoms with Gasteiger partial charge in [0.15, 0.2) is 0 Å². The standard InChI is InChI=1S/C16H15NO3/c18-15-10-11-17(14-9-5-4-8-13(14)15)16(19)20-12-6-2-1-3-7-12/h1-9,15,18H,10-11H2. The fourth-order valence-electron chi connectivity index (χ4n) is 2.38. The zero-order chi connectivity index (χ0) is 13.9. The summed E-state index contributed by atoms with van der Waals surface area (Å²) < 4.78 is 5.35. The number of ether oxygens (including phenoxy) is 1. The first kappa shape index (κ1) is 12.7. The summed E-state index contributed by atoms with van der Waals surface area (Å²) in [5.74, 6) is 0.515. The number of hydrogen-bond acceptors (Lipinski definition) is 3. The molecule has 2 aromatic rings. The van der Waals surface area contributed by atoms with Gasteiger partial charge in [-0.1, -0.05) is 36.4 Å². The Hall–Kier alpha value is -2.33. The molecule has 3 rings (SSSR count). The van der Waals surface area contributed by atoms with Crippen LogP contribution in [-0.4, -0.2) is 17.7 Å². The van der Waals surface area contributed by atoms with Crippen LogP contribution in [0.2, 0.25) is 0 Å². The van der Waals surface area contributed by atoms with Crippen molar-refractivity contribution in [3.8, 4) is 5.75 Å². The molecule has 1 amide bonds. The number of rotatable bonds is 1. The SMILES string of the molecule is O=C(Oc1ccccc1)N1CCC(O)c2ccccc21. The Bertz CT molecular complexity index is 612. The summed E-state index contributed by atoms with van der Waals surface area (Å²) in [4.78, 5) is 13.8. The third kappa shape index (κ3) is 2.38. The van der Waals surface area contributed by atoms with Gasteiger partial charge in [-0.2, -0.15) is 0 Å². The highest BCUT2D eigenvalue weighted by atomic mass is 16.6. The Labute approximate surface area is 117 Å². The van der Waals surface area contributed by atoms with Gasteiger partial charge in [-0.25, -0.2) is 4.79 Å². The van der Waals surface area contributed by atoms with Gasteiger partial charge < -0.3 is 9.84 Å². The lowest BCUT2D eigenvalue weighted by Gasteiger charge is -2.31. The first-order chi connectivity index (χ1) is 9.75. The summed E-state index contributed by atoms with van der Waals surface area (Å²) >= 11 is 0. The van der Waals surface area contributed by atoms with Crippen LogP contribution in [0, 0.1) is 0 Å². The summed E-state index contributed by atoms with van der Waals surface area (Å²) in [5, 5.41) is 9.97. The lowest BCUT2D eigenvalue weighted by molar-refractivity contribution is 0.161. The highest BCUT2D eigenvalue weighted by Gasteiger charge is 2.28. The van der Waals surface area contributed by atoms with E-state index >= 15 is 0 Å². The predicted octanol–water partition coefficient (Wildman–Crippen LogP) is 3.13. The molecule has 0 radical (unpaired) electrons. The van der Waals surface area contributed by atoms with Crippen LogP contribution in [0.3, 0.4) is 0 Å². The maximum Gasteiger partial charge on any atom is 0.419 e. The number of nitrogens with zero attached hydrogens (tertiary/aromatic N) is 1. The number of aliphatic hydroxyl groups excluding tert-OH is 1. The Morgan fingerprint density at radius 1 is 1.10 bits per heavy atom. The Kier molecular flexibility index (Phi) is 3.39. The van der Waals surface area contributed by atoms with Gasteiger partial charge in [-0.15, -0.1) is 0 Å². The molecule has 0 fully saturated rings. The van der Waals surface area contributed by atoms with Gasteiger partial charge in [0.25, 0.3) is 0 Å². The van der Waals surface area contributed by atoms with Crippen LogP contribution in [0.4, 0.5) is 10.5 Å². The van der Waals surface area contributed by atoms with E-state index in [2.05, 4.69) is 0 Å². The van der Waals surface area contributed by atoms with Crippen molar-refractivity contribution in [1.29, 1.82) is 0 Å². The molecule has 1 aliphatic heterocycles. The minimum atomic E-state index is -0.521. The van der Waals surface area contributed by atoms with Crippen molar-refractivity contribution in [2.45, 2.75) is 12.5 Å². The van der Waals surface area contributed by atoms with E-state index in [9.17, 15) is 9.90 Å². The molecule has 1 aliphatic rings. The number of aliphatic hydroxyl groups is 1. The fraction of sp³-hybridized carbons (Fsp3) is 0.188. The van der Waals surface area contributed by atoms with Crippen LogP contribution in [0.5, 0.6) is 5.75 Å². The fourth-order valence-corrected chi connectivity index (χ4v) is 2.38. The normalized spacial score (nSPS) is 17.4. The van der Waals surface area contributed by atoms with Crippen LogP contribution in [0.15, 0.2) is 54.6 Å². The van der Waals surface area contributed by atoms with Crippen LogP contribution >= 0.6 is 0 Å². The van der Waals surface area contributed by atoms with Gasteiger partial charge in [0.05, 0.1) is 11.8 Å². The molecule has 20 heavy (non-hydrogen) atoms. The Morgan fingerprint density at radius 2 is 1.80 bits per heavy atom. The van der Waals surface area contributed by atoms with E-state index in [1.54, 1.807) is 17.0 Å². The van der Waals surface area contributed by atoms with Crippen molar-refractivity contribution < 1.29 is 14.6 Å². The number of para-hydroxylation sites is 2. The molecule has 1 atom stereocenters. The summed E-state index contributed by atoms with van der Waals surface area (Å²) in [6, 6.07) is 16.3. The zero-order valence-electron chi connectivity index (χ0n) is 10.9. The van der Waals surface area contributed by atoms with Crippen molar-refractivity contribution in [3.63, 3.8) is 0 Å². The molecule has 1 heterocycles. The molecule has 1 unspecified atom stereocenters. The second kappa shape index (κ2) is 5.35. The number of anilines is 1. The van der Waals surface area contributed by atoms with E-state index in [-0.39, 0.29) is 0 Å². The number of carbonyl (C=O) groups is 1. The van der Waals surface area contributed by atoms with Crippen LogP contribution in [0.25, 0.3) is 0 Å². The maximum absolute atomic E-state index is 12.3. The van der Waals surface area contributed by atoms with Crippen molar-refractivity contribution >= 4 is 11.8 Å². The molecule has 0 saturated heterocycles. The largest absolute Gasteiger partial charge is 0.419 e. The number of amides is 1. The molecule has 1 N–H and O–H groups in total. The smallest absolute Gasteiger partial charge is 0.410 e. The molecular weight excluding hydrogens is 254 g/mol. The van der Waals surface area contributed by atoms with Gasteiger partial charge in [-0.05, 0) is 24.6 Å². The van der Waals surface area contributed by atoms with Crippen molar-refractivity contribution in [1.82, 2.24) is 0 Å². The lowest BCUT2D eigenvalue weighted by Crippen LogP contribution is -2.38. The summed E-state index contributed by atoms with van der Waals surface area (Å²) in [7, 11) is 0. The van der Waals surface area contributed by atoms with Gasteiger partial charge in [0, 0.05) is 12.1 Å². The minimum absolute atomic E-state index is 0.421. The number of fused-ring (bicyclic) bond motifs is 1. The lowest BCUT2D eigenvalue weighted by atomic mass is 9.99. The Balaban J connectivity index is 1.84. The number of benzene rings is 2. The van der Waals surface area contributed by atoms with Crippen molar-refractivity contribution in [2.75, 3.05) is 11.4 Å². The minimum Gasteiger partial charge on any atom is -0.410 e. The second-order valence-corrected chi connectivity index (χ2v) is 4.70. The van der Waals surface area contributed by atoms with Gasteiger partial charge in [0.1, 0.15) is 5.75 Å². The van der Waals surface area contributed by atoms with E-state index in [1.165, 1.54) is 0 Å². The molecular formula is C16H15NO3. The van der Waals surface area contributed by atoms with E-state index in [4.69, 9.17) is 4.74 Å². The van der Waals surface area contributed by atoms with Gasteiger partial charge in [-0.3, -0.25) is 4.90 Å². The first-order valence-corrected chi connectivity index (χ1v) is 6.57. The van der Waals surface area contributed by atoms with E-state index in [0.29, 0.717) is 24.4 Å². The average molecular weight is 269 g/mol. The van der Waals surface area contributed by atoms with E-state index in [1.807, 2.05) is 42.5 Å². The average Bonchev–Trinajstić information content (AvgIpc) is 2.49. The second-order valence-electron chi connectivity index (χ2n) is 4.70. The van der Waals surface area contributed by atoms with Gasteiger partial charge in [0.2, 0.25) is 0 Å². The summed E-state index contributed by atoms with van der Waals surface area (Å²) in [6.07, 6.45) is -0.427. The highest BCUT2D eigenvalue weighted by Crippen LogP contribution is 2.33. The molecule has 0 aromatic heterocycles. The monoisotopic (exact) mass is 269 g/mol. The molecule has 4 heteroatoms. The topological polar surface area (TPSA) is 49.8 Å². The quantitative estimate of drug-likeness (QED) is 0.865. The third-order valence-corrected chi connectivity index (χ3v) is 3.38. The van der Waals surface area contributed by atoms with Crippen molar-refractivity contribution in [3.05, 3.63) is 60.2 Å². The zero-order valence-corrected chi connectivity index (χ0v) is 10.9. The number of hydrogen-bond donors (Lipinski definition) is 1. The molecule has 4 nitrogen and oxygen atoms in total.